The average Bonchev–Trinajstić information content (AvgIpc) is 2.38. The molecule has 1 aromatic heterocycles. The van der Waals surface area contributed by atoms with Gasteiger partial charge < -0.3 is 10.0 Å². The first-order valence-corrected chi connectivity index (χ1v) is 6.64. The molecule has 0 radical (unpaired) electrons. The van der Waals surface area contributed by atoms with Crippen molar-refractivity contribution in [2.45, 2.75) is 26.5 Å². The predicted octanol–water partition coefficient (Wildman–Crippen LogP) is 1.15. The van der Waals surface area contributed by atoms with Gasteiger partial charge in [0.15, 0.2) is 0 Å². The first-order chi connectivity index (χ1) is 8.67. The van der Waals surface area contributed by atoms with Crippen LogP contribution in [0.2, 0.25) is 5.15 Å². The topological polar surface area (TPSA) is 52.5 Å². The first-order valence-electron chi connectivity index (χ1n) is 6.26. The molecule has 1 atom stereocenters. The third-order valence-electron chi connectivity index (χ3n) is 3.50. The van der Waals surface area contributed by atoms with Gasteiger partial charge in [-0.05, 0) is 13.5 Å². The molecule has 1 fully saturated rings. The summed E-state index contributed by atoms with van der Waals surface area (Å²) in [5.74, 6) is 0.764. The molecule has 0 aliphatic carbocycles. The quantitative estimate of drug-likeness (QED) is 0.835. The molecule has 100 valence electrons. The summed E-state index contributed by atoms with van der Waals surface area (Å²) in [4.78, 5) is 12.8. The predicted molar refractivity (Wildman–Crippen MR) is 71.9 cm³/mol. The molecule has 1 aliphatic rings. The van der Waals surface area contributed by atoms with Crippen molar-refractivity contribution in [1.82, 2.24) is 14.9 Å². The van der Waals surface area contributed by atoms with Crippen LogP contribution in [0.25, 0.3) is 0 Å². The number of anilines is 1. The molecule has 5 nitrogen and oxygen atoms in total. The van der Waals surface area contributed by atoms with Crippen LogP contribution in [0.1, 0.15) is 19.4 Å². The maximum absolute atomic E-state index is 9.39. The molecular weight excluding hydrogens is 252 g/mol. The van der Waals surface area contributed by atoms with Gasteiger partial charge in [-0.15, -0.1) is 0 Å². The summed E-state index contributed by atoms with van der Waals surface area (Å²) in [5.41, 5.74) is 0.622. The van der Waals surface area contributed by atoms with Gasteiger partial charge in [0.2, 0.25) is 0 Å². The molecular formula is C12H19ClN4O. The van der Waals surface area contributed by atoms with Gasteiger partial charge in [-0.25, -0.2) is 9.97 Å². The second-order valence-electron chi connectivity index (χ2n) is 4.55. The van der Waals surface area contributed by atoms with Gasteiger partial charge in [-0.1, -0.05) is 18.5 Å². The molecule has 1 aromatic rings. The molecule has 0 bridgehead atoms. The van der Waals surface area contributed by atoms with Crippen LogP contribution < -0.4 is 4.90 Å². The Bertz CT molecular complexity index is 415. The highest BCUT2D eigenvalue weighted by atomic mass is 35.5. The second kappa shape index (κ2) is 5.82. The van der Waals surface area contributed by atoms with E-state index in [9.17, 15) is 5.11 Å². The summed E-state index contributed by atoms with van der Waals surface area (Å²) in [6.45, 7) is 8.12. The fraction of sp³-hybridized carbons (Fsp3) is 0.667. The lowest BCUT2D eigenvalue weighted by molar-refractivity contribution is 0.198. The molecule has 1 saturated heterocycles. The number of hydrogen-bond acceptors (Lipinski definition) is 5. The van der Waals surface area contributed by atoms with Gasteiger partial charge in [-0.3, -0.25) is 4.90 Å². The van der Waals surface area contributed by atoms with Crippen molar-refractivity contribution in [1.29, 1.82) is 0 Å². The largest absolute Gasteiger partial charge is 0.391 e. The Morgan fingerprint density at radius 1 is 1.44 bits per heavy atom. The van der Waals surface area contributed by atoms with E-state index in [2.05, 4.69) is 33.6 Å². The minimum Gasteiger partial charge on any atom is -0.391 e. The second-order valence-corrected chi connectivity index (χ2v) is 4.91. The average molecular weight is 271 g/mol. The maximum Gasteiger partial charge on any atom is 0.140 e. The minimum absolute atomic E-state index is 0.128. The Balaban J connectivity index is 2.20. The summed E-state index contributed by atoms with van der Waals surface area (Å²) >= 11 is 5.99. The van der Waals surface area contributed by atoms with Crippen LogP contribution in [0.15, 0.2) is 6.33 Å². The molecule has 2 rings (SSSR count). The zero-order chi connectivity index (χ0) is 13.1. The van der Waals surface area contributed by atoms with Crippen LogP contribution in [-0.4, -0.2) is 52.2 Å². The van der Waals surface area contributed by atoms with Crippen molar-refractivity contribution in [3.8, 4) is 0 Å². The number of rotatable bonds is 3. The highest BCUT2D eigenvalue weighted by Crippen LogP contribution is 2.25. The number of nitrogens with zero attached hydrogens (tertiary/aromatic N) is 4. The third kappa shape index (κ3) is 2.58. The van der Waals surface area contributed by atoms with Crippen LogP contribution in [0, 0.1) is 0 Å². The highest BCUT2D eigenvalue weighted by molar-refractivity contribution is 6.30. The number of piperazine rings is 1. The van der Waals surface area contributed by atoms with E-state index >= 15 is 0 Å². The van der Waals surface area contributed by atoms with Crippen LogP contribution >= 0.6 is 11.6 Å². The van der Waals surface area contributed by atoms with Crippen LogP contribution in [0.3, 0.4) is 0 Å². The SMILES string of the molecule is CCN1CCN(c2ncnc(Cl)c2CO)CC1C. The van der Waals surface area contributed by atoms with E-state index in [0.717, 1.165) is 32.0 Å². The van der Waals surface area contributed by atoms with E-state index in [0.29, 0.717) is 16.8 Å². The fourth-order valence-corrected chi connectivity index (χ4v) is 2.64. The molecule has 0 aromatic carbocycles. The Hall–Kier alpha value is -0.910. The van der Waals surface area contributed by atoms with E-state index in [1.807, 2.05) is 0 Å². The number of likely N-dealkylation sites (N-methyl/N-ethyl adjacent to an activating group) is 1. The van der Waals surface area contributed by atoms with Gasteiger partial charge in [0.05, 0.1) is 12.2 Å². The van der Waals surface area contributed by atoms with Crippen molar-refractivity contribution >= 4 is 17.4 Å². The van der Waals surface area contributed by atoms with Crippen molar-refractivity contribution < 1.29 is 5.11 Å². The van der Waals surface area contributed by atoms with Gasteiger partial charge in [0.25, 0.3) is 0 Å². The Morgan fingerprint density at radius 2 is 2.22 bits per heavy atom. The molecule has 1 N–H and O–H groups in total. The Kier molecular flexibility index (Phi) is 4.37. The molecule has 0 amide bonds. The van der Waals surface area contributed by atoms with Crippen LogP contribution in [0.4, 0.5) is 5.82 Å². The molecule has 2 heterocycles. The highest BCUT2D eigenvalue weighted by Gasteiger charge is 2.25. The first kappa shape index (κ1) is 13.5. The lowest BCUT2D eigenvalue weighted by Crippen LogP contribution is -2.52. The van der Waals surface area contributed by atoms with Crippen molar-refractivity contribution in [3.05, 3.63) is 17.0 Å². The van der Waals surface area contributed by atoms with E-state index in [4.69, 9.17) is 11.6 Å². The fourth-order valence-electron chi connectivity index (χ4n) is 2.45. The van der Waals surface area contributed by atoms with Gasteiger partial charge in [-0.2, -0.15) is 0 Å². The normalized spacial score (nSPS) is 21.3. The number of aliphatic hydroxyl groups is 1. The zero-order valence-electron chi connectivity index (χ0n) is 10.8. The number of hydrogen-bond donors (Lipinski definition) is 1. The third-order valence-corrected chi connectivity index (χ3v) is 3.82. The van der Waals surface area contributed by atoms with Gasteiger partial charge >= 0.3 is 0 Å². The summed E-state index contributed by atoms with van der Waals surface area (Å²) in [6.07, 6.45) is 1.45. The van der Waals surface area contributed by atoms with Crippen molar-refractivity contribution in [2.75, 3.05) is 31.1 Å². The van der Waals surface area contributed by atoms with E-state index in [-0.39, 0.29) is 6.61 Å². The smallest absolute Gasteiger partial charge is 0.140 e. The molecule has 0 spiro atoms. The Labute approximate surface area is 112 Å². The van der Waals surface area contributed by atoms with Crippen molar-refractivity contribution in [3.63, 3.8) is 0 Å². The standard InChI is InChI=1S/C12H19ClN4O/c1-3-16-4-5-17(6-9(16)2)12-10(7-18)11(13)14-8-15-12/h8-9,18H,3-7H2,1-2H3. The monoisotopic (exact) mass is 270 g/mol. The summed E-state index contributed by atoms with van der Waals surface area (Å²) in [7, 11) is 0. The molecule has 1 unspecified atom stereocenters. The lowest BCUT2D eigenvalue weighted by Gasteiger charge is -2.40. The number of aromatic nitrogens is 2. The molecule has 0 saturated carbocycles. The lowest BCUT2D eigenvalue weighted by atomic mass is 10.1. The summed E-state index contributed by atoms with van der Waals surface area (Å²) in [6, 6.07) is 0.476. The van der Waals surface area contributed by atoms with Crippen LogP contribution in [0.5, 0.6) is 0 Å². The van der Waals surface area contributed by atoms with Gasteiger partial charge in [0, 0.05) is 25.7 Å². The summed E-state index contributed by atoms with van der Waals surface area (Å²) in [5, 5.41) is 9.73. The maximum atomic E-state index is 9.39. The number of halogens is 1. The van der Waals surface area contributed by atoms with E-state index in [1.165, 1.54) is 6.33 Å². The number of aliphatic hydroxyl groups excluding tert-OH is 1. The molecule has 1 aliphatic heterocycles. The van der Waals surface area contributed by atoms with Crippen molar-refractivity contribution in [2.24, 2.45) is 0 Å². The van der Waals surface area contributed by atoms with E-state index < -0.39 is 0 Å². The van der Waals surface area contributed by atoms with Crippen LogP contribution in [-0.2, 0) is 6.61 Å². The van der Waals surface area contributed by atoms with Gasteiger partial charge in [0.1, 0.15) is 17.3 Å². The molecule has 6 heteroatoms. The zero-order valence-corrected chi connectivity index (χ0v) is 11.6. The molecule has 18 heavy (non-hydrogen) atoms. The minimum atomic E-state index is -0.128. The summed E-state index contributed by atoms with van der Waals surface area (Å²) < 4.78 is 0. The Morgan fingerprint density at radius 3 is 2.83 bits per heavy atom. The van der Waals surface area contributed by atoms with E-state index in [1.54, 1.807) is 0 Å².